The van der Waals surface area contributed by atoms with Gasteiger partial charge in [0.2, 0.25) is 0 Å². The summed E-state index contributed by atoms with van der Waals surface area (Å²) >= 11 is 3.30. The molecule has 0 saturated carbocycles. The normalized spacial score (nSPS) is 11.1. The monoisotopic (exact) mass is 356 g/mol. The van der Waals surface area contributed by atoms with Crippen LogP contribution < -0.4 is 8.92 Å². The van der Waals surface area contributed by atoms with E-state index in [1.165, 1.54) is 12.1 Å². The van der Waals surface area contributed by atoms with E-state index in [1.807, 2.05) is 6.92 Å². The van der Waals surface area contributed by atoms with Crippen molar-refractivity contribution in [2.24, 2.45) is 0 Å². The van der Waals surface area contributed by atoms with Gasteiger partial charge in [-0.05, 0) is 47.1 Å². The lowest BCUT2D eigenvalue weighted by Gasteiger charge is -2.10. The molecule has 0 bridgehead atoms. The van der Waals surface area contributed by atoms with Crippen molar-refractivity contribution < 1.29 is 17.3 Å². The first kappa shape index (κ1) is 14.9. The van der Waals surface area contributed by atoms with E-state index in [0.717, 1.165) is 0 Å². The number of hydrogen-bond donors (Lipinski definition) is 0. The van der Waals surface area contributed by atoms with Gasteiger partial charge in [0.1, 0.15) is 16.4 Å². The molecule has 0 amide bonds. The van der Waals surface area contributed by atoms with Gasteiger partial charge in [-0.2, -0.15) is 8.42 Å². The van der Waals surface area contributed by atoms with Gasteiger partial charge >= 0.3 is 10.1 Å². The Morgan fingerprint density at radius 1 is 1.10 bits per heavy atom. The molecule has 6 heteroatoms. The molecule has 2 rings (SSSR count). The first-order chi connectivity index (χ1) is 9.53. The third-order valence-electron chi connectivity index (χ3n) is 2.44. The van der Waals surface area contributed by atoms with Gasteiger partial charge in [0.25, 0.3) is 0 Å². The minimum atomic E-state index is -3.87. The van der Waals surface area contributed by atoms with E-state index < -0.39 is 10.1 Å². The van der Waals surface area contributed by atoms with Crippen LogP contribution in [0.3, 0.4) is 0 Å². The maximum Gasteiger partial charge on any atom is 0.339 e. The molecule has 0 N–H and O–H groups in total. The van der Waals surface area contributed by atoms with Crippen LogP contribution in [0.25, 0.3) is 0 Å². The third-order valence-corrected chi connectivity index (χ3v) is 4.34. The Kier molecular flexibility index (Phi) is 4.67. The van der Waals surface area contributed by atoms with Crippen LogP contribution in [0.4, 0.5) is 0 Å². The summed E-state index contributed by atoms with van der Waals surface area (Å²) in [6.45, 7) is 2.27. The van der Waals surface area contributed by atoms with Crippen molar-refractivity contribution in [2.75, 3.05) is 6.61 Å². The zero-order chi connectivity index (χ0) is 14.6. The predicted octanol–water partition coefficient (Wildman–Crippen LogP) is 3.62. The van der Waals surface area contributed by atoms with E-state index in [9.17, 15) is 8.42 Å². The number of hydrogen-bond acceptors (Lipinski definition) is 4. The Morgan fingerprint density at radius 3 is 2.45 bits per heavy atom. The van der Waals surface area contributed by atoms with Gasteiger partial charge < -0.3 is 8.92 Å². The maximum absolute atomic E-state index is 12.2. The molecular weight excluding hydrogens is 344 g/mol. The Balaban J connectivity index is 2.32. The van der Waals surface area contributed by atoms with E-state index in [2.05, 4.69) is 15.9 Å². The topological polar surface area (TPSA) is 52.6 Å². The highest BCUT2D eigenvalue weighted by atomic mass is 79.9. The molecule has 0 aliphatic rings. The van der Waals surface area contributed by atoms with Gasteiger partial charge in [0, 0.05) is 6.07 Å². The number of halogens is 1. The van der Waals surface area contributed by atoms with Gasteiger partial charge in [-0.15, -0.1) is 0 Å². The number of ether oxygens (including phenoxy) is 1. The predicted molar refractivity (Wildman–Crippen MR) is 79.6 cm³/mol. The van der Waals surface area contributed by atoms with Gasteiger partial charge in [-0.25, -0.2) is 0 Å². The lowest BCUT2D eigenvalue weighted by molar-refractivity contribution is 0.337. The van der Waals surface area contributed by atoms with Crippen LogP contribution in [0.1, 0.15) is 6.92 Å². The number of rotatable bonds is 5. The SMILES string of the molecule is CCOc1cc(S(=O)(=O)Oc2ccccc2)ccc1Br. The first-order valence-electron chi connectivity index (χ1n) is 5.95. The smallest absolute Gasteiger partial charge is 0.339 e. The van der Waals surface area contributed by atoms with Gasteiger partial charge in [-0.3, -0.25) is 0 Å². The van der Waals surface area contributed by atoms with Crippen molar-refractivity contribution in [3.05, 3.63) is 53.0 Å². The largest absolute Gasteiger partial charge is 0.493 e. The summed E-state index contributed by atoms with van der Waals surface area (Å²) in [4.78, 5) is 0.0491. The Bertz CT molecular complexity index is 684. The summed E-state index contributed by atoms with van der Waals surface area (Å²) < 4.78 is 35.5. The highest BCUT2D eigenvalue weighted by Crippen LogP contribution is 2.29. The zero-order valence-electron chi connectivity index (χ0n) is 10.7. The fourth-order valence-corrected chi connectivity index (χ4v) is 2.86. The minimum absolute atomic E-state index is 0.0491. The second-order valence-corrected chi connectivity index (χ2v) is 6.28. The van der Waals surface area contributed by atoms with E-state index in [-0.39, 0.29) is 10.6 Å². The minimum Gasteiger partial charge on any atom is -0.493 e. The molecule has 0 spiro atoms. The average molecular weight is 357 g/mol. The number of para-hydroxylation sites is 1. The summed E-state index contributed by atoms with van der Waals surface area (Å²) in [5.41, 5.74) is 0. The number of benzene rings is 2. The lowest BCUT2D eigenvalue weighted by Crippen LogP contribution is -2.10. The fraction of sp³-hybridized carbons (Fsp3) is 0.143. The molecule has 0 saturated heterocycles. The Morgan fingerprint density at radius 2 is 1.80 bits per heavy atom. The molecule has 0 unspecified atom stereocenters. The van der Waals surface area contributed by atoms with Crippen molar-refractivity contribution >= 4 is 26.0 Å². The molecule has 0 radical (unpaired) electrons. The first-order valence-corrected chi connectivity index (χ1v) is 8.15. The van der Waals surface area contributed by atoms with Crippen LogP contribution in [0.5, 0.6) is 11.5 Å². The molecule has 20 heavy (non-hydrogen) atoms. The summed E-state index contributed by atoms with van der Waals surface area (Å²) in [5, 5.41) is 0. The van der Waals surface area contributed by atoms with E-state index in [0.29, 0.717) is 16.8 Å². The third kappa shape index (κ3) is 3.52. The van der Waals surface area contributed by atoms with Crippen molar-refractivity contribution in [1.82, 2.24) is 0 Å². The molecule has 0 fully saturated rings. The standard InChI is InChI=1S/C14H13BrO4S/c1-2-18-14-10-12(8-9-13(14)15)20(16,17)19-11-6-4-3-5-7-11/h3-10H,2H2,1H3. The maximum atomic E-state index is 12.2. The second kappa shape index (κ2) is 6.28. The van der Waals surface area contributed by atoms with Crippen LogP contribution >= 0.6 is 15.9 Å². The summed E-state index contributed by atoms with van der Waals surface area (Å²) in [5.74, 6) is 0.735. The van der Waals surface area contributed by atoms with Crippen molar-refractivity contribution in [3.63, 3.8) is 0 Å². The van der Waals surface area contributed by atoms with Gasteiger partial charge in [0.15, 0.2) is 0 Å². The molecule has 2 aromatic carbocycles. The van der Waals surface area contributed by atoms with E-state index >= 15 is 0 Å². The quantitative estimate of drug-likeness (QED) is 0.767. The highest BCUT2D eigenvalue weighted by molar-refractivity contribution is 9.10. The molecule has 0 aliphatic carbocycles. The molecule has 2 aromatic rings. The van der Waals surface area contributed by atoms with Crippen LogP contribution in [0, 0.1) is 0 Å². The summed E-state index contributed by atoms with van der Waals surface area (Å²) in [6, 6.07) is 12.9. The molecule has 0 aliphatic heterocycles. The molecular formula is C14H13BrO4S. The highest BCUT2D eigenvalue weighted by Gasteiger charge is 2.18. The van der Waals surface area contributed by atoms with Crippen molar-refractivity contribution in [3.8, 4) is 11.5 Å². The summed E-state index contributed by atoms with van der Waals surface area (Å²) in [6.07, 6.45) is 0. The fourth-order valence-electron chi connectivity index (χ4n) is 1.56. The zero-order valence-corrected chi connectivity index (χ0v) is 13.1. The molecule has 0 aromatic heterocycles. The Labute approximate surface area is 126 Å². The molecule has 4 nitrogen and oxygen atoms in total. The van der Waals surface area contributed by atoms with Crippen LogP contribution in [-0.2, 0) is 10.1 Å². The van der Waals surface area contributed by atoms with Crippen molar-refractivity contribution in [2.45, 2.75) is 11.8 Å². The average Bonchev–Trinajstić information content (AvgIpc) is 2.42. The molecule has 106 valence electrons. The van der Waals surface area contributed by atoms with Crippen LogP contribution in [-0.4, -0.2) is 15.0 Å². The van der Waals surface area contributed by atoms with Gasteiger partial charge in [-0.1, -0.05) is 18.2 Å². The van der Waals surface area contributed by atoms with Crippen LogP contribution in [0.15, 0.2) is 57.9 Å². The van der Waals surface area contributed by atoms with E-state index in [1.54, 1.807) is 36.4 Å². The molecule has 0 heterocycles. The van der Waals surface area contributed by atoms with Gasteiger partial charge in [0.05, 0.1) is 11.1 Å². The van der Waals surface area contributed by atoms with E-state index in [4.69, 9.17) is 8.92 Å². The summed E-state index contributed by atoms with van der Waals surface area (Å²) in [7, 11) is -3.87. The lowest BCUT2D eigenvalue weighted by atomic mass is 10.3. The van der Waals surface area contributed by atoms with Crippen LogP contribution in [0.2, 0.25) is 0 Å². The Hall–Kier alpha value is -1.53. The molecule has 0 atom stereocenters. The van der Waals surface area contributed by atoms with Crippen molar-refractivity contribution in [1.29, 1.82) is 0 Å². The second-order valence-electron chi connectivity index (χ2n) is 3.88.